The fourth-order valence-corrected chi connectivity index (χ4v) is 2.27. The first-order valence-corrected chi connectivity index (χ1v) is 6.23. The molecule has 20 heavy (non-hydrogen) atoms. The molecule has 0 saturated carbocycles. The van der Waals surface area contributed by atoms with Gasteiger partial charge in [0.1, 0.15) is 0 Å². The Morgan fingerprint density at radius 3 is 2.55 bits per heavy atom. The highest BCUT2D eigenvalue weighted by Crippen LogP contribution is 2.31. The minimum Gasteiger partial charge on any atom is -0.391 e. The van der Waals surface area contributed by atoms with E-state index in [1.54, 1.807) is 6.07 Å². The van der Waals surface area contributed by atoms with Crippen LogP contribution in [0.2, 0.25) is 0 Å². The summed E-state index contributed by atoms with van der Waals surface area (Å²) in [7, 11) is 0. The largest absolute Gasteiger partial charge is 0.416 e. The van der Waals surface area contributed by atoms with Crippen LogP contribution in [-0.4, -0.2) is 30.8 Å². The van der Waals surface area contributed by atoms with E-state index in [2.05, 4.69) is 10.6 Å². The molecule has 0 spiro atoms. The average Bonchev–Trinajstić information content (AvgIpc) is 2.75. The second kappa shape index (κ2) is 7.26. The number of alkyl halides is 3. The first-order chi connectivity index (χ1) is 8.98. The van der Waals surface area contributed by atoms with E-state index >= 15 is 0 Å². The molecular formula is C13H18ClF3N2O. The maximum Gasteiger partial charge on any atom is 0.416 e. The van der Waals surface area contributed by atoms with Crippen LogP contribution >= 0.6 is 12.4 Å². The highest BCUT2D eigenvalue weighted by atomic mass is 35.5. The van der Waals surface area contributed by atoms with Crippen molar-refractivity contribution in [3.8, 4) is 0 Å². The highest BCUT2D eigenvalue weighted by molar-refractivity contribution is 5.85. The van der Waals surface area contributed by atoms with Crippen LogP contribution in [0, 0.1) is 5.92 Å². The lowest BCUT2D eigenvalue weighted by Crippen LogP contribution is -2.30. The Hall–Kier alpha value is -0.820. The van der Waals surface area contributed by atoms with Crippen LogP contribution in [0.15, 0.2) is 24.3 Å². The van der Waals surface area contributed by atoms with E-state index in [1.807, 2.05) is 0 Å². The standard InChI is InChI=1S/C13H17F3N2O.ClH/c14-13(15,16)11-4-2-1-3-9(11)5-17-6-10-7-18-8-12(10)19;/h1-4,10,12,17-19H,5-8H2;1H. The molecule has 1 aromatic carbocycles. The van der Waals surface area contributed by atoms with Crippen molar-refractivity contribution in [3.05, 3.63) is 35.4 Å². The van der Waals surface area contributed by atoms with Crippen molar-refractivity contribution in [2.24, 2.45) is 5.92 Å². The van der Waals surface area contributed by atoms with Crippen LogP contribution in [0.3, 0.4) is 0 Å². The zero-order valence-corrected chi connectivity index (χ0v) is 11.6. The van der Waals surface area contributed by atoms with Gasteiger partial charge in [0, 0.05) is 32.1 Å². The van der Waals surface area contributed by atoms with Crippen LogP contribution in [0.4, 0.5) is 13.2 Å². The number of benzene rings is 1. The van der Waals surface area contributed by atoms with Crippen LogP contribution in [-0.2, 0) is 12.7 Å². The van der Waals surface area contributed by atoms with Gasteiger partial charge in [-0.25, -0.2) is 0 Å². The molecular weight excluding hydrogens is 293 g/mol. The predicted octanol–water partition coefficient (Wildman–Crippen LogP) is 1.80. The Morgan fingerprint density at radius 2 is 1.95 bits per heavy atom. The van der Waals surface area contributed by atoms with E-state index in [0.29, 0.717) is 19.6 Å². The molecule has 7 heteroatoms. The highest BCUT2D eigenvalue weighted by Gasteiger charge is 2.32. The molecule has 0 radical (unpaired) electrons. The first-order valence-electron chi connectivity index (χ1n) is 6.23. The fraction of sp³-hybridized carbons (Fsp3) is 0.538. The molecule has 0 bridgehead atoms. The van der Waals surface area contributed by atoms with Gasteiger partial charge in [-0.1, -0.05) is 18.2 Å². The van der Waals surface area contributed by atoms with Crippen molar-refractivity contribution in [3.63, 3.8) is 0 Å². The number of hydrogen-bond donors (Lipinski definition) is 3. The minimum atomic E-state index is -4.33. The maximum absolute atomic E-state index is 12.8. The summed E-state index contributed by atoms with van der Waals surface area (Å²) in [6.45, 7) is 1.89. The molecule has 2 rings (SSSR count). The molecule has 3 N–H and O–H groups in total. The Kier molecular flexibility index (Phi) is 6.26. The van der Waals surface area contributed by atoms with E-state index < -0.39 is 17.8 Å². The molecule has 0 aromatic heterocycles. The monoisotopic (exact) mass is 310 g/mol. The van der Waals surface area contributed by atoms with Crippen molar-refractivity contribution in [2.45, 2.75) is 18.8 Å². The zero-order valence-electron chi connectivity index (χ0n) is 10.8. The minimum absolute atomic E-state index is 0. The van der Waals surface area contributed by atoms with Crippen LogP contribution < -0.4 is 10.6 Å². The third-order valence-corrected chi connectivity index (χ3v) is 3.35. The van der Waals surface area contributed by atoms with E-state index in [0.717, 1.165) is 6.07 Å². The third kappa shape index (κ3) is 4.34. The van der Waals surface area contributed by atoms with Gasteiger partial charge in [-0.05, 0) is 11.6 Å². The summed E-state index contributed by atoms with van der Waals surface area (Å²) in [6, 6.07) is 5.54. The average molecular weight is 311 g/mol. The van der Waals surface area contributed by atoms with Crippen molar-refractivity contribution < 1.29 is 18.3 Å². The summed E-state index contributed by atoms with van der Waals surface area (Å²) in [4.78, 5) is 0. The summed E-state index contributed by atoms with van der Waals surface area (Å²) in [5.41, 5.74) is -0.372. The molecule has 3 nitrogen and oxygen atoms in total. The third-order valence-electron chi connectivity index (χ3n) is 3.35. The Bertz CT molecular complexity index is 428. The maximum atomic E-state index is 12.8. The van der Waals surface area contributed by atoms with Gasteiger partial charge >= 0.3 is 6.18 Å². The van der Waals surface area contributed by atoms with Crippen molar-refractivity contribution in [2.75, 3.05) is 19.6 Å². The van der Waals surface area contributed by atoms with Gasteiger partial charge in [0.25, 0.3) is 0 Å². The molecule has 1 heterocycles. The van der Waals surface area contributed by atoms with Crippen LogP contribution in [0.5, 0.6) is 0 Å². The van der Waals surface area contributed by atoms with E-state index in [1.165, 1.54) is 12.1 Å². The van der Waals surface area contributed by atoms with Gasteiger partial charge in [0.2, 0.25) is 0 Å². The van der Waals surface area contributed by atoms with Crippen molar-refractivity contribution >= 4 is 12.4 Å². The van der Waals surface area contributed by atoms with Gasteiger partial charge in [0.15, 0.2) is 0 Å². The molecule has 2 atom stereocenters. The normalized spacial score (nSPS) is 22.6. The number of halogens is 4. The topological polar surface area (TPSA) is 44.3 Å². The smallest absolute Gasteiger partial charge is 0.391 e. The number of rotatable bonds is 4. The van der Waals surface area contributed by atoms with Gasteiger partial charge in [-0.15, -0.1) is 12.4 Å². The van der Waals surface area contributed by atoms with Crippen LogP contribution in [0.1, 0.15) is 11.1 Å². The second-order valence-electron chi connectivity index (χ2n) is 4.77. The van der Waals surface area contributed by atoms with E-state index in [-0.39, 0.29) is 30.4 Å². The van der Waals surface area contributed by atoms with Crippen LogP contribution in [0.25, 0.3) is 0 Å². The van der Waals surface area contributed by atoms with Gasteiger partial charge in [-0.3, -0.25) is 0 Å². The van der Waals surface area contributed by atoms with Gasteiger partial charge < -0.3 is 15.7 Å². The molecule has 1 saturated heterocycles. The molecule has 114 valence electrons. The first kappa shape index (κ1) is 17.2. The Balaban J connectivity index is 0.00000200. The molecule has 1 fully saturated rings. The number of nitrogens with one attached hydrogen (secondary N) is 2. The molecule has 1 aliphatic rings. The number of aliphatic hydroxyl groups excluding tert-OH is 1. The summed E-state index contributed by atoms with van der Waals surface area (Å²) >= 11 is 0. The van der Waals surface area contributed by atoms with Gasteiger partial charge in [-0.2, -0.15) is 13.2 Å². The Morgan fingerprint density at radius 1 is 1.25 bits per heavy atom. The quantitative estimate of drug-likeness (QED) is 0.794. The van der Waals surface area contributed by atoms with E-state index in [4.69, 9.17) is 0 Å². The summed E-state index contributed by atoms with van der Waals surface area (Å²) in [5.74, 6) is 0.0537. The number of β-amino-alcohol motifs (C(OH)–C–C–N with tert-alkyl or cyclic N) is 1. The fourth-order valence-electron chi connectivity index (χ4n) is 2.27. The lowest BCUT2D eigenvalue weighted by atomic mass is 10.1. The molecule has 1 aromatic rings. The molecule has 1 aliphatic heterocycles. The lowest BCUT2D eigenvalue weighted by molar-refractivity contribution is -0.138. The lowest BCUT2D eigenvalue weighted by Gasteiger charge is -2.16. The molecule has 2 unspecified atom stereocenters. The van der Waals surface area contributed by atoms with Crippen molar-refractivity contribution in [1.82, 2.24) is 10.6 Å². The summed E-state index contributed by atoms with van der Waals surface area (Å²) < 4.78 is 38.3. The molecule has 0 amide bonds. The summed E-state index contributed by atoms with van der Waals surface area (Å²) in [5, 5.41) is 15.6. The SMILES string of the molecule is Cl.OC1CNCC1CNCc1ccccc1C(F)(F)F. The number of hydrogen-bond acceptors (Lipinski definition) is 3. The predicted molar refractivity (Wildman–Crippen MR) is 72.8 cm³/mol. The number of aliphatic hydroxyl groups is 1. The zero-order chi connectivity index (χ0) is 13.9. The van der Waals surface area contributed by atoms with Crippen molar-refractivity contribution in [1.29, 1.82) is 0 Å². The second-order valence-corrected chi connectivity index (χ2v) is 4.77. The Labute approximate surface area is 122 Å². The molecule has 0 aliphatic carbocycles. The van der Waals surface area contributed by atoms with Gasteiger partial charge in [0.05, 0.1) is 11.7 Å². The van der Waals surface area contributed by atoms with E-state index in [9.17, 15) is 18.3 Å². The summed E-state index contributed by atoms with van der Waals surface area (Å²) in [6.07, 6.45) is -4.75.